The van der Waals surface area contributed by atoms with Gasteiger partial charge in [-0.3, -0.25) is 0 Å². The maximum absolute atomic E-state index is 10.7. The van der Waals surface area contributed by atoms with Crippen molar-refractivity contribution in [3.8, 4) is 0 Å². The van der Waals surface area contributed by atoms with E-state index in [4.69, 9.17) is 0 Å². The normalized spacial score (nSPS) is 24.1. The molecule has 4 nitrogen and oxygen atoms in total. The van der Waals surface area contributed by atoms with E-state index >= 15 is 0 Å². The Morgan fingerprint density at radius 2 is 1.95 bits per heavy atom. The molecular weight excluding hydrogens is 262 g/mol. The van der Waals surface area contributed by atoms with Crippen LogP contribution in [0.1, 0.15) is 62.1 Å². The summed E-state index contributed by atoms with van der Waals surface area (Å²) in [6, 6.07) is 0. The van der Waals surface area contributed by atoms with Crippen LogP contribution in [0, 0.1) is 6.92 Å². The largest absolute Gasteiger partial charge is 0.389 e. The van der Waals surface area contributed by atoms with Gasteiger partial charge in [0.2, 0.25) is 0 Å². The number of likely N-dealkylation sites (tertiary alicyclic amines) is 1. The lowest BCUT2D eigenvalue weighted by Crippen LogP contribution is -2.47. The van der Waals surface area contributed by atoms with Crippen molar-refractivity contribution in [1.82, 2.24) is 14.9 Å². The van der Waals surface area contributed by atoms with Crippen LogP contribution >= 0.6 is 0 Å². The minimum atomic E-state index is -0.421. The average Bonchev–Trinajstić information content (AvgIpc) is 2.49. The van der Waals surface area contributed by atoms with Gasteiger partial charge in [0.25, 0.3) is 0 Å². The van der Waals surface area contributed by atoms with Gasteiger partial charge in [0.15, 0.2) is 0 Å². The molecule has 0 atom stereocenters. The zero-order chi connectivity index (χ0) is 14.7. The maximum atomic E-state index is 10.7. The van der Waals surface area contributed by atoms with Crippen LogP contribution in [0.5, 0.6) is 0 Å². The first-order valence-electron chi connectivity index (χ1n) is 8.38. The Morgan fingerprint density at radius 1 is 1.24 bits per heavy atom. The summed E-state index contributed by atoms with van der Waals surface area (Å²) in [6.07, 6.45) is 11.5. The van der Waals surface area contributed by atoms with Gasteiger partial charge in [-0.15, -0.1) is 0 Å². The fraction of sp³-hybridized carbons (Fsp3) is 0.765. The van der Waals surface area contributed by atoms with E-state index in [0.29, 0.717) is 5.92 Å². The number of aromatic nitrogens is 2. The van der Waals surface area contributed by atoms with Crippen LogP contribution in [0.15, 0.2) is 12.5 Å². The lowest BCUT2D eigenvalue weighted by Gasteiger charge is -2.40. The van der Waals surface area contributed by atoms with E-state index in [9.17, 15) is 5.11 Å². The summed E-state index contributed by atoms with van der Waals surface area (Å²) in [5.41, 5.74) is 2.01. The summed E-state index contributed by atoms with van der Waals surface area (Å²) in [5, 5.41) is 10.7. The van der Waals surface area contributed by atoms with E-state index in [1.807, 2.05) is 6.20 Å². The molecule has 1 saturated heterocycles. The van der Waals surface area contributed by atoms with Crippen molar-refractivity contribution in [3.63, 3.8) is 0 Å². The Kier molecular flexibility index (Phi) is 4.55. The second-order valence-electron chi connectivity index (χ2n) is 6.93. The maximum Gasteiger partial charge on any atom is 0.115 e. The van der Waals surface area contributed by atoms with E-state index in [2.05, 4.69) is 21.8 Å². The summed E-state index contributed by atoms with van der Waals surface area (Å²) in [6.45, 7) is 5.13. The highest BCUT2D eigenvalue weighted by molar-refractivity contribution is 5.18. The van der Waals surface area contributed by atoms with Crippen LogP contribution in [0.3, 0.4) is 0 Å². The molecule has 2 heterocycles. The average molecular weight is 289 g/mol. The van der Waals surface area contributed by atoms with Crippen LogP contribution in [0.25, 0.3) is 0 Å². The minimum absolute atomic E-state index is 0.421. The van der Waals surface area contributed by atoms with E-state index in [0.717, 1.165) is 45.3 Å². The number of aliphatic hydroxyl groups is 1. The number of hydrogen-bond donors (Lipinski definition) is 1. The van der Waals surface area contributed by atoms with Gasteiger partial charge < -0.3 is 10.0 Å². The van der Waals surface area contributed by atoms with E-state index in [1.54, 1.807) is 6.33 Å². The molecule has 1 N–H and O–H groups in total. The van der Waals surface area contributed by atoms with Gasteiger partial charge in [-0.1, -0.05) is 19.3 Å². The third kappa shape index (κ3) is 3.61. The summed E-state index contributed by atoms with van der Waals surface area (Å²) < 4.78 is 0. The van der Waals surface area contributed by atoms with Crippen molar-refractivity contribution in [2.24, 2.45) is 0 Å². The third-order valence-corrected chi connectivity index (χ3v) is 5.21. The highest BCUT2D eigenvalue weighted by Crippen LogP contribution is 2.32. The van der Waals surface area contributed by atoms with Crippen molar-refractivity contribution in [1.29, 1.82) is 0 Å². The van der Waals surface area contributed by atoms with Gasteiger partial charge in [-0.25, -0.2) is 9.97 Å². The van der Waals surface area contributed by atoms with E-state index in [1.165, 1.54) is 30.5 Å². The molecule has 2 aliphatic rings. The van der Waals surface area contributed by atoms with Gasteiger partial charge in [0, 0.05) is 24.4 Å². The lowest BCUT2D eigenvalue weighted by atomic mass is 9.83. The Morgan fingerprint density at radius 3 is 2.62 bits per heavy atom. The SMILES string of the molecule is Cc1cncnc1C1CCN(CC2(O)CCCCC2)CC1. The molecule has 4 heteroatoms. The molecule has 0 radical (unpaired) electrons. The van der Waals surface area contributed by atoms with Crippen molar-refractivity contribution in [3.05, 3.63) is 23.8 Å². The second-order valence-corrected chi connectivity index (χ2v) is 6.93. The highest BCUT2D eigenvalue weighted by Gasteiger charge is 2.33. The monoisotopic (exact) mass is 289 g/mol. The van der Waals surface area contributed by atoms with Crippen molar-refractivity contribution in [2.45, 2.75) is 63.4 Å². The minimum Gasteiger partial charge on any atom is -0.389 e. The molecule has 1 aliphatic carbocycles. The standard InChI is InChI=1S/C17H27N3O/c1-14-11-18-13-19-16(14)15-5-9-20(10-6-15)12-17(21)7-3-2-4-8-17/h11,13,15,21H,2-10,12H2,1H3. The lowest BCUT2D eigenvalue weighted by molar-refractivity contribution is -0.0308. The van der Waals surface area contributed by atoms with E-state index < -0.39 is 5.60 Å². The van der Waals surface area contributed by atoms with Crippen LogP contribution < -0.4 is 0 Å². The quantitative estimate of drug-likeness (QED) is 0.929. The van der Waals surface area contributed by atoms with Gasteiger partial charge in [0.1, 0.15) is 6.33 Å². The molecule has 1 aliphatic heterocycles. The van der Waals surface area contributed by atoms with Gasteiger partial charge in [-0.05, 0) is 51.3 Å². The predicted octanol–water partition coefficient (Wildman–Crippen LogP) is 2.66. The summed E-state index contributed by atoms with van der Waals surface area (Å²) in [5.74, 6) is 0.560. The van der Waals surface area contributed by atoms with Crippen molar-refractivity contribution < 1.29 is 5.11 Å². The molecular formula is C17H27N3O. The predicted molar refractivity (Wildman–Crippen MR) is 83.2 cm³/mol. The molecule has 1 aromatic heterocycles. The molecule has 116 valence electrons. The second kappa shape index (κ2) is 6.41. The van der Waals surface area contributed by atoms with Gasteiger partial charge in [-0.2, -0.15) is 0 Å². The molecule has 0 amide bonds. The zero-order valence-corrected chi connectivity index (χ0v) is 13.1. The molecule has 1 aromatic rings. The van der Waals surface area contributed by atoms with Crippen LogP contribution in [-0.2, 0) is 0 Å². The van der Waals surface area contributed by atoms with Crippen molar-refractivity contribution >= 4 is 0 Å². The topological polar surface area (TPSA) is 49.2 Å². The van der Waals surface area contributed by atoms with Crippen molar-refractivity contribution in [2.75, 3.05) is 19.6 Å². The summed E-state index contributed by atoms with van der Waals surface area (Å²) in [4.78, 5) is 11.0. The number of aryl methyl sites for hydroxylation is 1. The zero-order valence-electron chi connectivity index (χ0n) is 13.1. The molecule has 0 spiro atoms. The summed E-state index contributed by atoms with van der Waals surface area (Å²) in [7, 11) is 0. The van der Waals surface area contributed by atoms with Crippen LogP contribution in [0.4, 0.5) is 0 Å². The first-order valence-corrected chi connectivity index (χ1v) is 8.38. The first kappa shape index (κ1) is 14.9. The molecule has 2 fully saturated rings. The van der Waals surface area contributed by atoms with Crippen LogP contribution in [-0.4, -0.2) is 45.2 Å². The van der Waals surface area contributed by atoms with Gasteiger partial charge in [0.05, 0.1) is 5.60 Å². The Bertz CT molecular complexity index is 463. The Hall–Kier alpha value is -1.00. The number of rotatable bonds is 3. The number of nitrogens with zero attached hydrogens (tertiary/aromatic N) is 3. The van der Waals surface area contributed by atoms with Crippen LogP contribution in [0.2, 0.25) is 0 Å². The fourth-order valence-corrected chi connectivity index (χ4v) is 3.98. The fourth-order valence-electron chi connectivity index (χ4n) is 3.98. The molecule has 3 rings (SSSR count). The third-order valence-electron chi connectivity index (χ3n) is 5.21. The Labute approximate surface area is 127 Å². The van der Waals surface area contributed by atoms with Gasteiger partial charge >= 0.3 is 0 Å². The molecule has 0 bridgehead atoms. The highest BCUT2D eigenvalue weighted by atomic mass is 16.3. The summed E-state index contributed by atoms with van der Waals surface area (Å²) >= 11 is 0. The molecule has 21 heavy (non-hydrogen) atoms. The van der Waals surface area contributed by atoms with E-state index in [-0.39, 0.29) is 0 Å². The molecule has 0 unspecified atom stereocenters. The smallest absolute Gasteiger partial charge is 0.115 e. The number of piperidine rings is 1. The molecule has 0 aromatic carbocycles. The molecule has 1 saturated carbocycles. The number of hydrogen-bond acceptors (Lipinski definition) is 4. The number of β-amino-alcohol motifs (C(OH)–C–C–N with tert-alkyl or cyclic N) is 1. The Balaban J connectivity index is 1.54. The first-order chi connectivity index (χ1) is 10.2.